The van der Waals surface area contributed by atoms with Crippen LogP contribution < -0.4 is 10.4 Å². The number of thiocarbonyl (C=S) groups is 1. The van der Waals surface area contributed by atoms with Crippen molar-refractivity contribution in [1.29, 1.82) is 0 Å². The number of aliphatic imine (C=N–C) groups is 1. The molecule has 8 heteroatoms. The Bertz CT molecular complexity index is 727. The molecule has 0 aliphatic carbocycles. The number of aromatic carboxylic acids is 1. The number of hydrogen-bond acceptors (Lipinski definition) is 6. The van der Waals surface area contributed by atoms with Crippen LogP contribution in [-0.2, 0) is 16.1 Å². The summed E-state index contributed by atoms with van der Waals surface area (Å²) in [5, 5.41) is 13.2. The molecule has 1 N–H and O–H groups in total. The standard InChI is InChI=1S/C16H15N3O4S/c1-2-7-19-14(21)12(13(20)18-16(19)24)9-17-8-10-3-5-11(6-4-10)15(22)23/h2-6,9,12H,1,7-8H2,(H,22,23)(H,18,20,24)/p-1/t12-/m0/s1. The summed E-state index contributed by atoms with van der Waals surface area (Å²) in [6, 6.07) is 5.99. The molecule has 0 saturated carbocycles. The zero-order valence-electron chi connectivity index (χ0n) is 12.6. The SMILES string of the molecule is C=CCN1C(=O)[C@@H](C=NCc2ccc(C(=O)[O-])cc2)C(=O)NC1=S. The summed E-state index contributed by atoms with van der Waals surface area (Å²) in [4.78, 5) is 40.2. The largest absolute Gasteiger partial charge is 0.545 e. The van der Waals surface area contributed by atoms with Gasteiger partial charge < -0.3 is 15.2 Å². The average Bonchev–Trinajstić information content (AvgIpc) is 2.55. The van der Waals surface area contributed by atoms with Crippen molar-refractivity contribution in [3.63, 3.8) is 0 Å². The van der Waals surface area contributed by atoms with Gasteiger partial charge in [0.2, 0.25) is 11.8 Å². The molecule has 2 rings (SSSR count). The molecule has 0 radical (unpaired) electrons. The minimum absolute atomic E-state index is 0.0485. The molecule has 1 aromatic rings. The normalized spacial score (nSPS) is 17.9. The highest BCUT2D eigenvalue weighted by Crippen LogP contribution is 2.10. The molecule has 0 bridgehead atoms. The van der Waals surface area contributed by atoms with Gasteiger partial charge in [-0.15, -0.1) is 6.58 Å². The zero-order chi connectivity index (χ0) is 17.7. The van der Waals surface area contributed by atoms with E-state index in [0.717, 1.165) is 5.56 Å². The van der Waals surface area contributed by atoms with Crippen LogP contribution in [0.25, 0.3) is 0 Å². The van der Waals surface area contributed by atoms with Gasteiger partial charge in [-0.1, -0.05) is 30.3 Å². The van der Waals surface area contributed by atoms with Crippen molar-refractivity contribution in [2.45, 2.75) is 6.54 Å². The molecule has 1 aliphatic rings. The van der Waals surface area contributed by atoms with Crippen LogP contribution in [0, 0.1) is 5.92 Å². The van der Waals surface area contributed by atoms with Crippen LogP contribution in [0.2, 0.25) is 0 Å². The third kappa shape index (κ3) is 3.90. The number of amides is 2. The predicted molar refractivity (Wildman–Crippen MR) is 89.1 cm³/mol. The molecule has 0 spiro atoms. The number of carbonyl (C=O) groups excluding carboxylic acids is 3. The maximum absolute atomic E-state index is 12.3. The molecule has 1 aromatic carbocycles. The van der Waals surface area contributed by atoms with E-state index in [1.165, 1.54) is 29.3 Å². The fourth-order valence-electron chi connectivity index (χ4n) is 2.07. The molecule has 2 amide bonds. The molecular weight excluding hydrogens is 330 g/mol. The number of carboxylic acid groups (broad SMARTS) is 1. The summed E-state index contributed by atoms with van der Waals surface area (Å²) >= 11 is 4.95. The number of carboxylic acids is 1. The maximum Gasteiger partial charge on any atom is 0.247 e. The Morgan fingerprint density at radius 2 is 2.04 bits per heavy atom. The molecule has 1 heterocycles. The van der Waals surface area contributed by atoms with Crippen molar-refractivity contribution in [3.05, 3.63) is 48.0 Å². The number of nitrogens with zero attached hydrogens (tertiary/aromatic N) is 2. The zero-order valence-corrected chi connectivity index (χ0v) is 13.4. The first kappa shape index (κ1) is 17.5. The van der Waals surface area contributed by atoms with Crippen molar-refractivity contribution >= 4 is 41.3 Å². The summed E-state index contributed by atoms with van der Waals surface area (Å²) in [5.41, 5.74) is 0.802. The lowest BCUT2D eigenvalue weighted by Crippen LogP contribution is -2.58. The number of rotatable bonds is 6. The quantitative estimate of drug-likeness (QED) is 0.329. The van der Waals surface area contributed by atoms with E-state index in [9.17, 15) is 19.5 Å². The molecule has 1 atom stereocenters. The lowest BCUT2D eigenvalue weighted by Gasteiger charge is -2.29. The van der Waals surface area contributed by atoms with Crippen LogP contribution in [0.5, 0.6) is 0 Å². The van der Waals surface area contributed by atoms with Gasteiger partial charge in [0.15, 0.2) is 11.0 Å². The van der Waals surface area contributed by atoms with Crippen LogP contribution in [0.3, 0.4) is 0 Å². The van der Waals surface area contributed by atoms with Crippen LogP contribution in [0.4, 0.5) is 0 Å². The van der Waals surface area contributed by atoms with Gasteiger partial charge in [0.25, 0.3) is 0 Å². The van der Waals surface area contributed by atoms with E-state index in [4.69, 9.17) is 12.2 Å². The van der Waals surface area contributed by atoms with E-state index < -0.39 is 23.7 Å². The Morgan fingerprint density at radius 1 is 1.38 bits per heavy atom. The highest BCUT2D eigenvalue weighted by molar-refractivity contribution is 7.80. The smallest absolute Gasteiger partial charge is 0.247 e. The molecule has 1 aliphatic heterocycles. The van der Waals surface area contributed by atoms with E-state index in [1.54, 1.807) is 12.1 Å². The molecule has 1 fully saturated rings. The molecule has 24 heavy (non-hydrogen) atoms. The van der Waals surface area contributed by atoms with Crippen molar-refractivity contribution in [2.75, 3.05) is 6.54 Å². The summed E-state index contributed by atoms with van der Waals surface area (Å²) in [6.07, 6.45) is 2.77. The first-order valence-corrected chi connectivity index (χ1v) is 7.42. The Balaban J connectivity index is 2.05. The van der Waals surface area contributed by atoms with Gasteiger partial charge in [-0.05, 0) is 23.3 Å². The highest BCUT2D eigenvalue weighted by atomic mass is 32.1. The third-order valence-corrected chi connectivity index (χ3v) is 3.64. The van der Waals surface area contributed by atoms with Crippen LogP contribution in [0.15, 0.2) is 41.9 Å². The first-order chi connectivity index (χ1) is 11.4. The molecule has 0 aromatic heterocycles. The fourth-order valence-corrected chi connectivity index (χ4v) is 2.34. The average molecular weight is 344 g/mol. The minimum atomic E-state index is -1.26. The predicted octanol–water partition coefficient (Wildman–Crippen LogP) is -0.334. The molecule has 1 saturated heterocycles. The third-order valence-electron chi connectivity index (χ3n) is 3.32. The van der Waals surface area contributed by atoms with Crippen molar-refractivity contribution in [1.82, 2.24) is 10.2 Å². The molecule has 7 nitrogen and oxygen atoms in total. The second-order valence-corrected chi connectivity index (χ2v) is 5.37. The second kappa shape index (κ2) is 7.60. The minimum Gasteiger partial charge on any atom is -0.545 e. The van der Waals surface area contributed by atoms with E-state index >= 15 is 0 Å². The fraction of sp³-hybridized carbons (Fsp3) is 0.188. The van der Waals surface area contributed by atoms with Gasteiger partial charge in [0, 0.05) is 12.8 Å². The lowest BCUT2D eigenvalue weighted by atomic mass is 10.1. The Kier molecular flexibility index (Phi) is 5.54. The van der Waals surface area contributed by atoms with Gasteiger partial charge in [0.1, 0.15) is 0 Å². The van der Waals surface area contributed by atoms with Crippen LogP contribution in [0.1, 0.15) is 15.9 Å². The molecular formula is C16H14N3O4S-. The Morgan fingerprint density at radius 3 is 2.62 bits per heavy atom. The van der Waals surface area contributed by atoms with Gasteiger partial charge >= 0.3 is 0 Å². The second-order valence-electron chi connectivity index (χ2n) is 4.98. The summed E-state index contributed by atoms with van der Waals surface area (Å²) in [5.74, 6) is -3.30. The summed E-state index contributed by atoms with van der Waals surface area (Å²) < 4.78 is 0. The molecule has 124 valence electrons. The topological polar surface area (TPSA) is 102 Å². The summed E-state index contributed by atoms with van der Waals surface area (Å²) in [7, 11) is 0. The van der Waals surface area contributed by atoms with Crippen molar-refractivity contribution < 1.29 is 19.5 Å². The molecule has 0 unspecified atom stereocenters. The van der Waals surface area contributed by atoms with Gasteiger partial charge in [-0.2, -0.15) is 0 Å². The van der Waals surface area contributed by atoms with E-state index in [2.05, 4.69) is 16.9 Å². The number of nitrogens with one attached hydrogen (secondary N) is 1. The van der Waals surface area contributed by atoms with E-state index in [-0.39, 0.29) is 23.8 Å². The van der Waals surface area contributed by atoms with Gasteiger partial charge in [-0.25, -0.2) is 0 Å². The first-order valence-electron chi connectivity index (χ1n) is 7.01. The lowest BCUT2D eigenvalue weighted by molar-refractivity contribution is -0.255. The highest BCUT2D eigenvalue weighted by Gasteiger charge is 2.36. The Labute approximate surface area is 143 Å². The van der Waals surface area contributed by atoms with Crippen LogP contribution in [-0.4, -0.2) is 40.6 Å². The van der Waals surface area contributed by atoms with E-state index in [0.29, 0.717) is 0 Å². The maximum atomic E-state index is 12.3. The number of benzene rings is 1. The van der Waals surface area contributed by atoms with Crippen LogP contribution >= 0.6 is 12.2 Å². The summed E-state index contributed by atoms with van der Waals surface area (Å²) in [6.45, 7) is 3.95. The number of hydrogen-bond donors (Lipinski definition) is 1. The van der Waals surface area contributed by atoms with Gasteiger partial charge in [0.05, 0.1) is 12.5 Å². The van der Waals surface area contributed by atoms with Crippen molar-refractivity contribution in [2.24, 2.45) is 10.9 Å². The van der Waals surface area contributed by atoms with Gasteiger partial charge in [-0.3, -0.25) is 19.5 Å². The van der Waals surface area contributed by atoms with E-state index in [1.807, 2.05) is 0 Å². The number of carbonyl (C=O) groups is 3. The monoisotopic (exact) mass is 344 g/mol. The Hall–Kier alpha value is -2.87. The van der Waals surface area contributed by atoms with Crippen molar-refractivity contribution in [3.8, 4) is 0 Å².